The van der Waals surface area contributed by atoms with Crippen molar-refractivity contribution >= 4 is 0 Å². The van der Waals surface area contributed by atoms with Crippen molar-refractivity contribution in [2.45, 2.75) is 12.8 Å². The summed E-state index contributed by atoms with van der Waals surface area (Å²) in [6.07, 6.45) is 7.72. The monoisotopic (exact) mass is 365 g/mol. The van der Waals surface area contributed by atoms with Crippen LogP contribution in [-0.2, 0) is 11.2 Å². The average molecular weight is 365 g/mol. The van der Waals surface area contributed by atoms with Gasteiger partial charge in [0.25, 0.3) is 0 Å². The van der Waals surface area contributed by atoms with Gasteiger partial charge in [0.2, 0.25) is 0 Å². The third kappa shape index (κ3) is 4.26. The second kappa shape index (κ2) is 8.46. The molecule has 2 aromatic heterocycles. The van der Waals surface area contributed by atoms with Gasteiger partial charge in [0.05, 0.1) is 13.2 Å². The summed E-state index contributed by atoms with van der Waals surface area (Å²) in [7, 11) is 0. The van der Waals surface area contributed by atoms with Gasteiger partial charge in [-0.25, -0.2) is 4.39 Å². The van der Waals surface area contributed by atoms with Crippen molar-refractivity contribution in [3.63, 3.8) is 0 Å². The predicted molar refractivity (Wildman–Crippen MR) is 105 cm³/mol. The first-order chi connectivity index (χ1) is 13.3. The number of rotatable bonds is 6. The molecule has 27 heavy (non-hydrogen) atoms. The van der Waals surface area contributed by atoms with Gasteiger partial charge < -0.3 is 9.72 Å². The summed E-state index contributed by atoms with van der Waals surface area (Å²) >= 11 is 0. The van der Waals surface area contributed by atoms with Crippen LogP contribution >= 0.6 is 0 Å². The molecule has 1 saturated heterocycles. The molecule has 4 nitrogen and oxygen atoms in total. The van der Waals surface area contributed by atoms with Gasteiger partial charge in [0.1, 0.15) is 5.82 Å². The molecule has 1 aliphatic heterocycles. The first-order valence-corrected chi connectivity index (χ1v) is 9.48. The number of aromatic amines is 1. The molecule has 0 bridgehead atoms. The standard InChI is InChI=1S/C22H24FN3O/c23-19-5-3-17(4-6-19)20-16-25-21(22(20)18-7-9-24-10-8-18)2-1-11-26-12-14-27-15-13-26/h3-10,16,25H,1-2,11-15H2. The summed E-state index contributed by atoms with van der Waals surface area (Å²) in [4.78, 5) is 10.1. The van der Waals surface area contributed by atoms with Crippen molar-refractivity contribution < 1.29 is 9.13 Å². The number of pyridine rings is 1. The quantitative estimate of drug-likeness (QED) is 0.714. The Labute approximate surface area is 159 Å². The molecular formula is C22H24FN3O. The lowest BCUT2D eigenvalue weighted by Crippen LogP contribution is -2.36. The van der Waals surface area contributed by atoms with Gasteiger partial charge in [0, 0.05) is 48.5 Å². The maximum absolute atomic E-state index is 13.3. The molecular weight excluding hydrogens is 341 g/mol. The Morgan fingerprint density at radius 2 is 1.74 bits per heavy atom. The lowest BCUT2D eigenvalue weighted by molar-refractivity contribution is 0.0374. The van der Waals surface area contributed by atoms with Crippen LogP contribution in [0.2, 0.25) is 0 Å². The van der Waals surface area contributed by atoms with Gasteiger partial charge >= 0.3 is 0 Å². The number of benzene rings is 1. The number of aromatic nitrogens is 2. The minimum Gasteiger partial charge on any atom is -0.379 e. The second-order valence-corrected chi connectivity index (χ2v) is 6.86. The van der Waals surface area contributed by atoms with Gasteiger partial charge in [-0.3, -0.25) is 9.88 Å². The van der Waals surface area contributed by atoms with Gasteiger partial charge in [-0.15, -0.1) is 0 Å². The van der Waals surface area contributed by atoms with E-state index >= 15 is 0 Å². The number of ether oxygens (including phenoxy) is 1. The highest BCUT2D eigenvalue weighted by Gasteiger charge is 2.16. The Balaban J connectivity index is 1.58. The highest BCUT2D eigenvalue weighted by atomic mass is 19.1. The van der Waals surface area contributed by atoms with E-state index in [4.69, 9.17) is 4.74 Å². The molecule has 0 atom stereocenters. The molecule has 1 fully saturated rings. The molecule has 0 unspecified atom stereocenters. The zero-order valence-electron chi connectivity index (χ0n) is 15.3. The highest BCUT2D eigenvalue weighted by Crippen LogP contribution is 2.35. The average Bonchev–Trinajstić information content (AvgIpc) is 3.14. The fourth-order valence-electron chi connectivity index (χ4n) is 3.67. The van der Waals surface area contributed by atoms with Crippen molar-refractivity contribution in [1.82, 2.24) is 14.9 Å². The molecule has 1 aromatic carbocycles. The molecule has 0 spiro atoms. The van der Waals surface area contributed by atoms with E-state index in [1.54, 1.807) is 0 Å². The SMILES string of the molecule is Fc1ccc(-c2c[nH]c(CCCN3CCOCC3)c2-c2ccncc2)cc1. The molecule has 0 radical (unpaired) electrons. The van der Waals surface area contributed by atoms with Crippen molar-refractivity contribution in [2.75, 3.05) is 32.8 Å². The second-order valence-electron chi connectivity index (χ2n) is 6.86. The van der Waals surface area contributed by atoms with Crippen LogP contribution in [0, 0.1) is 5.82 Å². The predicted octanol–water partition coefficient (Wildman–Crippen LogP) is 4.15. The summed E-state index contributed by atoms with van der Waals surface area (Å²) in [5.41, 5.74) is 5.65. The summed E-state index contributed by atoms with van der Waals surface area (Å²) < 4.78 is 18.8. The van der Waals surface area contributed by atoms with Crippen molar-refractivity contribution in [3.05, 3.63) is 66.5 Å². The van der Waals surface area contributed by atoms with Gasteiger partial charge in [0.15, 0.2) is 0 Å². The summed E-state index contributed by atoms with van der Waals surface area (Å²) in [5, 5.41) is 0. The lowest BCUT2D eigenvalue weighted by atomic mass is 9.96. The number of hydrogen-bond donors (Lipinski definition) is 1. The molecule has 1 aliphatic rings. The number of halogens is 1. The maximum atomic E-state index is 13.3. The van der Waals surface area contributed by atoms with Crippen LogP contribution in [0.3, 0.4) is 0 Å². The Bertz CT molecular complexity index is 855. The zero-order chi connectivity index (χ0) is 18.5. The van der Waals surface area contributed by atoms with E-state index < -0.39 is 0 Å². The summed E-state index contributed by atoms with van der Waals surface area (Å²) in [5.74, 6) is -0.217. The summed E-state index contributed by atoms with van der Waals surface area (Å²) in [6, 6.07) is 10.7. The smallest absolute Gasteiger partial charge is 0.123 e. The topological polar surface area (TPSA) is 41.2 Å². The van der Waals surface area contributed by atoms with E-state index in [1.165, 1.54) is 23.4 Å². The van der Waals surface area contributed by atoms with E-state index in [2.05, 4.69) is 14.9 Å². The van der Waals surface area contributed by atoms with Crippen molar-refractivity contribution in [1.29, 1.82) is 0 Å². The maximum Gasteiger partial charge on any atom is 0.123 e. The highest BCUT2D eigenvalue weighted by molar-refractivity contribution is 5.85. The minimum atomic E-state index is -0.217. The van der Waals surface area contributed by atoms with Crippen LogP contribution in [0.25, 0.3) is 22.3 Å². The van der Waals surface area contributed by atoms with Crippen LogP contribution in [0.4, 0.5) is 4.39 Å². The van der Waals surface area contributed by atoms with Crippen molar-refractivity contribution in [3.8, 4) is 22.3 Å². The van der Waals surface area contributed by atoms with Gasteiger partial charge in [-0.2, -0.15) is 0 Å². The Morgan fingerprint density at radius 3 is 2.48 bits per heavy atom. The van der Waals surface area contributed by atoms with Crippen LogP contribution in [0.15, 0.2) is 55.0 Å². The molecule has 0 aliphatic carbocycles. The number of H-pyrrole nitrogens is 1. The molecule has 1 N–H and O–H groups in total. The third-order valence-corrected chi connectivity index (χ3v) is 5.09. The van der Waals surface area contributed by atoms with E-state index in [-0.39, 0.29) is 5.82 Å². The van der Waals surface area contributed by atoms with Crippen LogP contribution < -0.4 is 0 Å². The first kappa shape index (κ1) is 17.9. The van der Waals surface area contributed by atoms with Gasteiger partial charge in [-0.05, 0) is 54.8 Å². The fourth-order valence-corrected chi connectivity index (χ4v) is 3.67. The molecule has 0 amide bonds. The first-order valence-electron chi connectivity index (χ1n) is 9.48. The van der Waals surface area contributed by atoms with E-state index in [0.29, 0.717) is 0 Å². The summed E-state index contributed by atoms with van der Waals surface area (Å²) in [6.45, 7) is 4.77. The van der Waals surface area contributed by atoms with Crippen LogP contribution in [0.5, 0.6) is 0 Å². The van der Waals surface area contributed by atoms with Crippen LogP contribution in [-0.4, -0.2) is 47.7 Å². The number of nitrogens with zero attached hydrogens (tertiary/aromatic N) is 2. The van der Waals surface area contributed by atoms with E-state index in [1.807, 2.05) is 42.9 Å². The molecule has 0 saturated carbocycles. The molecule has 3 aromatic rings. The molecule has 4 rings (SSSR count). The normalized spacial score (nSPS) is 15.1. The number of hydrogen-bond acceptors (Lipinski definition) is 3. The van der Waals surface area contributed by atoms with E-state index in [0.717, 1.165) is 62.4 Å². The number of nitrogens with one attached hydrogen (secondary N) is 1. The third-order valence-electron chi connectivity index (χ3n) is 5.09. The number of morpholine rings is 1. The van der Waals surface area contributed by atoms with Crippen molar-refractivity contribution in [2.24, 2.45) is 0 Å². The molecule has 3 heterocycles. The Morgan fingerprint density at radius 1 is 1.00 bits per heavy atom. The van der Waals surface area contributed by atoms with E-state index in [9.17, 15) is 4.39 Å². The lowest BCUT2D eigenvalue weighted by Gasteiger charge is -2.26. The van der Waals surface area contributed by atoms with Crippen LogP contribution in [0.1, 0.15) is 12.1 Å². The Kier molecular flexibility index (Phi) is 5.61. The minimum absolute atomic E-state index is 0.217. The molecule has 140 valence electrons. The number of aryl methyl sites for hydroxylation is 1. The zero-order valence-corrected chi connectivity index (χ0v) is 15.3. The largest absolute Gasteiger partial charge is 0.379 e. The van der Waals surface area contributed by atoms with Gasteiger partial charge in [-0.1, -0.05) is 12.1 Å². The molecule has 5 heteroatoms. The Hall–Kier alpha value is -2.50. The fraction of sp³-hybridized carbons (Fsp3) is 0.318.